The van der Waals surface area contributed by atoms with Gasteiger partial charge in [0.05, 0.1) is 16.8 Å². The second kappa shape index (κ2) is 6.49. The van der Waals surface area contributed by atoms with E-state index in [4.69, 9.17) is 4.74 Å². The molecular formula is C20H17N3O5. The number of fused-ring (bicyclic) bond motifs is 2. The fourth-order valence-corrected chi connectivity index (χ4v) is 3.21. The third-order valence-corrected chi connectivity index (χ3v) is 4.77. The van der Waals surface area contributed by atoms with Crippen LogP contribution >= 0.6 is 0 Å². The van der Waals surface area contributed by atoms with Crippen LogP contribution in [0.5, 0.6) is 5.75 Å². The summed E-state index contributed by atoms with van der Waals surface area (Å²) in [5, 5.41) is 5.37. The molecule has 4 amide bonds. The molecule has 2 aromatic carbocycles. The summed E-state index contributed by atoms with van der Waals surface area (Å²) in [6.45, 7) is 3.12. The van der Waals surface area contributed by atoms with Gasteiger partial charge in [-0.1, -0.05) is 12.1 Å². The number of carbonyl (C=O) groups is 4. The molecule has 0 spiro atoms. The molecule has 0 radical (unpaired) electrons. The Bertz CT molecular complexity index is 997. The Labute approximate surface area is 160 Å². The molecule has 2 N–H and O–H groups in total. The maximum atomic E-state index is 12.7. The molecule has 2 aliphatic heterocycles. The Morgan fingerprint density at radius 3 is 2.39 bits per heavy atom. The highest BCUT2D eigenvalue weighted by Gasteiger charge is 2.40. The molecule has 8 heteroatoms. The molecule has 2 aromatic rings. The summed E-state index contributed by atoms with van der Waals surface area (Å²) in [5.74, 6) is -1.30. The largest absolute Gasteiger partial charge is 0.479 e. The van der Waals surface area contributed by atoms with Crippen molar-refractivity contribution in [2.75, 3.05) is 10.6 Å². The van der Waals surface area contributed by atoms with Gasteiger partial charge in [0.1, 0.15) is 11.8 Å². The Morgan fingerprint density at radius 2 is 1.75 bits per heavy atom. The molecule has 142 valence electrons. The average molecular weight is 379 g/mol. The van der Waals surface area contributed by atoms with Crippen LogP contribution in [0.2, 0.25) is 0 Å². The zero-order valence-electron chi connectivity index (χ0n) is 15.2. The lowest BCUT2D eigenvalue weighted by molar-refractivity contribution is -0.122. The number of anilines is 2. The summed E-state index contributed by atoms with van der Waals surface area (Å²) < 4.78 is 5.47. The fourth-order valence-electron chi connectivity index (χ4n) is 3.21. The third-order valence-electron chi connectivity index (χ3n) is 4.77. The number of rotatable bonds is 3. The van der Waals surface area contributed by atoms with E-state index in [0.29, 0.717) is 17.1 Å². The normalized spacial score (nSPS) is 18.7. The summed E-state index contributed by atoms with van der Waals surface area (Å²) in [4.78, 5) is 50.4. The highest BCUT2D eigenvalue weighted by atomic mass is 16.5. The summed E-state index contributed by atoms with van der Waals surface area (Å²) in [6, 6.07) is 10.3. The first-order valence-corrected chi connectivity index (χ1v) is 8.76. The molecule has 0 fully saturated rings. The standard InChI is InChI=1S/C20H17N3O5/c1-10(23-19(26)13-5-3-4-6-14(13)20(23)27)17(24)21-12-7-8-16-15(9-12)22-18(25)11(2)28-16/h3-11H,1-2H3,(H,21,24)(H,22,25). The minimum absolute atomic E-state index is 0.282. The van der Waals surface area contributed by atoms with Gasteiger partial charge in [0, 0.05) is 5.69 Å². The lowest BCUT2D eigenvalue weighted by Crippen LogP contribution is -2.45. The molecule has 8 nitrogen and oxygen atoms in total. The van der Waals surface area contributed by atoms with Gasteiger partial charge >= 0.3 is 0 Å². The Kier molecular flexibility index (Phi) is 4.11. The summed E-state index contributed by atoms with van der Waals surface area (Å²) in [7, 11) is 0. The number of ether oxygens (including phenoxy) is 1. The first-order valence-electron chi connectivity index (χ1n) is 8.76. The monoisotopic (exact) mass is 379 g/mol. The van der Waals surface area contributed by atoms with Gasteiger partial charge in [-0.3, -0.25) is 24.1 Å². The Morgan fingerprint density at radius 1 is 1.11 bits per heavy atom. The second-order valence-electron chi connectivity index (χ2n) is 6.65. The van der Waals surface area contributed by atoms with Crippen LogP contribution < -0.4 is 15.4 Å². The van der Waals surface area contributed by atoms with Crippen molar-refractivity contribution in [1.82, 2.24) is 4.90 Å². The van der Waals surface area contributed by atoms with Crippen LogP contribution in [0.15, 0.2) is 42.5 Å². The van der Waals surface area contributed by atoms with Crippen LogP contribution in [0.4, 0.5) is 11.4 Å². The number of benzene rings is 2. The molecule has 0 saturated heterocycles. The van der Waals surface area contributed by atoms with E-state index in [9.17, 15) is 19.2 Å². The third kappa shape index (κ3) is 2.79. The molecule has 28 heavy (non-hydrogen) atoms. The van der Waals surface area contributed by atoms with Crippen molar-refractivity contribution >= 4 is 35.0 Å². The van der Waals surface area contributed by atoms with E-state index in [-0.39, 0.29) is 17.0 Å². The van der Waals surface area contributed by atoms with E-state index in [0.717, 1.165) is 4.90 Å². The van der Waals surface area contributed by atoms with Crippen molar-refractivity contribution in [2.24, 2.45) is 0 Å². The van der Waals surface area contributed by atoms with Crippen molar-refractivity contribution in [2.45, 2.75) is 26.0 Å². The molecule has 0 saturated carbocycles. The zero-order valence-corrected chi connectivity index (χ0v) is 15.2. The van der Waals surface area contributed by atoms with Gasteiger partial charge in [0.25, 0.3) is 17.7 Å². The fraction of sp³-hybridized carbons (Fsp3) is 0.200. The summed E-state index contributed by atoms with van der Waals surface area (Å²) >= 11 is 0. The number of hydrogen-bond acceptors (Lipinski definition) is 5. The van der Waals surface area contributed by atoms with E-state index in [1.165, 1.54) is 6.92 Å². The minimum atomic E-state index is -1.01. The SMILES string of the molecule is CC1Oc2ccc(NC(=O)C(C)N3C(=O)c4ccccc4C3=O)cc2NC1=O. The molecule has 0 aromatic heterocycles. The van der Waals surface area contributed by atoms with Gasteiger partial charge < -0.3 is 15.4 Å². The van der Waals surface area contributed by atoms with Crippen LogP contribution in [0, 0.1) is 0 Å². The highest BCUT2D eigenvalue weighted by molar-refractivity contribution is 6.23. The van der Waals surface area contributed by atoms with E-state index < -0.39 is 29.9 Å². The molecule has 2 atom stereocenters. The van der Waals surface area contributed by atoms with E-state index in [1.54, 1.807) is 49.4 Å². The quantitative estimate of drug-likeness (QED) is 0.794. The van der Waals surface area contributed by atoms with Crippen LogP contribution in [0.3, 0.4) is 0 Å². The first kappa shape index (κ1) is 17.7. The van der Waals surface area contributed by atoms with Crippen molar-refractivity contribution in [3.63, 3.8) is 0 Å². The number of nitrogens with one attached hydrogen (secondary N) is 2. The minimum Gasteiger partial charge on any atom is -0.479 e. The summed E-state index contributed by atoms with van der Waals surface area (Å²) in [5.41, 5.74) is 1.42. The van der Waals surface area contributed by atoms with Gasteiger partial charge in [0.15, 0.2) is 6.10 Å². The van der Waals surface area contributed by atoms with Crippen molar-refractivity contribution in [1.29, 1.82) is 0 Å². The highest BCUT2D eigenvalue weighted by Crippen LogP contribution is 2.32. The number of nitrogens with zero attached hydrogens (tertiary/aromatic N) is 1. The molecule has 0 aliphatic carbocycles. The second-order valence-corrected chi connectivity index (χ2v) is 6.65. The molecule has 2 aliphatic rings. The number of carbonyl (C=O) groups excluding carboxylic acids is 4. The smallest absolute Gasteiger partial charge is 0.265 e. The van der Waals surface area contributed by atoms with E-state index >= 15 is 0 Å². The Hall–Kier alpha value is -3.68. The van der Waals surface area contributed by atoms with Gasteiger partial charge in [-0.25, -0.2) is 0 Å². The van der Waals surface area contributed by atoms with Crippen molar-refractivity contribution in [3.8, 4) is 5.75 Å². The molecule has 2 unspecified atom stereocenters. The van der Waals surface area contributed by atoms with Crippen LogP contribution in [-0.2, 0) is 9.59 Å². The van der Waals surface area contributed by atoms with Crippen molar-refractivity contribution < 1.29 is 23.9 Å². The van der Waals surface area contributed by atoms with Crippen LogP contribution in [-0.4, -0.2) is 40.7 Å². The van der Waals surface area contributed by atoms with Gasteiger partial charge in [-0.2, -0.15) is 0 Å². The lowest BCUT2D eigenvalue weighted by Gasteiger charge is -2.24. The van der Waals surface area contributed by atoms with E-state index in [2.05, 4.69) is 10.6 Å². The average Bonchev–Trinajstić information content (AvgIpc) is 2.93. The Balaban J connectivity index is 1.52. The van der Waals surface area contributed by atoms with E-state index in [1.807, 2.05) is 0 Å². The predicted molar refractivity (Wildman–Crippen MR) is 100 cm³/mol. The van der Waals surface area contributed by atoms with Crippen molar-refractivity contribution in [3.05, 3.63) is 53.6 Å². The number of amides is 4. The maximum Gasteiger partial charge on any atom is 0.265 e. The molecule has 4 rings (SSSR count). The first-order chi connectivity index (χ1) is 13.4. The topological polar surface area (TPSA) is 105 Å². The molecular weight excluding hydrogens is 362 g/mol. The zero-order chi connectivity index (χ0) is 20.0. The number of hydrogen-bond donors (Lipinski definition) is 2. The molecule has 0 bridgehead atoms. The molecule has 2 heterocycles. The van der Waals surface area contributed by atoms with Gasteiger partial charge in [0.2, 0.25) is 5.91 Å². The van der Waals surface area contributed by atoms with Crippen LogP contribution in [0.25, 0.3) is 0 Å². The van der Waals surface area contributed by atoms with Gasteiger partial charge in [-0.15, -0.1) is 0 Å². The summed E-state index contributed by atoms with van der Waals surface area (Å²) in [6.07, 6.45) is -0.596. The van der Waals surface area contributed by atoms with Crippen LogP contribution in [0.1, 0.15) is 34.6 Å². The predicted octanol–water partition coefficient (Wildman–Crippen LogP) is 2.03. The van der Waals surface area contributed by atoms with Gasteiger partial charge in [-0.05, 0) is 44.2 Å². The maximum absolute atomic E-state index is 12.7. The lowest BCUT2D eigenvalue weighted by atomic mass is 10.1. The number of imide groups is 1.